The van der Waals surface area contributed by atoms with Crippen molar-refractivity contribution < 1.29 is 14.1 Å². The SMILES string of the molecule is COc1cc(N)c(Cl)cc1C(=O)N1CCN(C(C)c2nc(C)no2)CC1. The standard InChI is InChI=1S/C17H22ClN5O3/c1-10(16-20-11(2)21-26-16)22-4-6-23(7-5-22)17(24)12-8-13(18)14(19)9-15(12)25-3/h8-10H,4-7,19H2,1-3H3. The number of hydrogen-bond acceptors (Lipinski definition) is 7. The number of methoxy groups -OCH3 is 1. The second kappa shape index (κ2) is 7.51. The van der Waals surface area contributed by atoms with Crippen LogP contribution in [-0.2, 0) is 0 Å². The van der Waals surface area contributed by atoms with Gasteiger partial charge in [0.25, 0.3) is 5.91 Å². The zero-order valence-electron chi connectivity index (χ0n) is 15.0. The smallest absolute Gasteiger partial charge is 0.257 e. The molecule has 2 N–H and O–H groups in total. The lowest BCUT2D eigenvalue weighted by Gasteiger charge is -2.37. The van der Waals surface area contributed by atoms with E-state index in [1.807, 2.05) is 6.92 Å². The minimum absolute atomic E-state index is 0.00829. The van der Waals surface area contributed by atoms with Gasteiger partial charge >= 0.3 is 0 Å². The summed E-state index contributed by atoms with van der Waals surface area (Å²) < 4.78 is 10.5. The molecular formula is C17H22ClN5O3. The minimum Gasteiger partial charge on any atom is -0.496 e. The van der Waals surface area contributed by atoms with E-state index in [1.54, 1.807) is 24.0 Å². The number of ether oxygens (including phenoxy) is 1. The van der Waals surface area contributed by atoms with Crippen molar-refractivity contribution in [2.45, 2.75) is 19.9 Å². The summed E-state index contributed by atoms with van der Waals surface area (Å²) in [7, 11) is 1.51. The van der Waals surface area contributed by atoms with Gasteiger partial charge in [-0.15, -0.1) is 0 Å². The van der Waals surface area contributed by atoms with Crippen LogP contribution in [0.1, 0.15) is 35.0 Å². The molecule has 1 saturated heterocycles. The molecule has 26 heavy (non-hydrogen) atoms. The number of piperazine rings is 1. The highest BCUT2D eigenvalue weighted by atomic mass is 35.5. The number of anilines is 1. The van der Waals surface area contributed by atoms with Crippen LogP contribution in [0.3, 0.4) is 0 Å². The summed E-state index contributed by atoms with van der Waals surface area (Å²) >= 11 is 6.08. The molecule has 0 spiro atoms. The maximum atomic E-state index is 12.9. The van der Waals surface area contributed by atoms with Crippen LogP contribution in [0, 0.1) is 6.92 Å². The Balaban J connectivity index is 1.68. The normalized spacial score (nSPS) is 16.5. The molecule has 0 saturated carbocycles. The molecular weight excluding hydrogens is 358 g/mol. The van der Waals surface area contributed by atoms with Crippen LogP contribution in [0.15, 0.2) is 16.7 Å². The molecule has 1 aromatic heterocycles. The molecule has 1 aliphatic heterocycles. The van der Waals surface area contributed by atoms with Crippen LogP contribution in [0.2, 0.25) is 5.02 Å². The first-order valence-corrected chi connectivity index (χ1v) is 8.75. The average molecular weight is 380 g/mol. The molecule has 3 rings (SSSR count). The molecule has 9 heteroatoms. The number of carbonyl (C=O) groups excluding carboxylic acids is 1. The van der Waals surface area contributed by atoms with Crippen molar-refractivity contribution in [1.29, 1.82) is 0 Å². The highest BCUT2D eigenvalue weighted by Crippen LogP contribution is 2.30. The van der Waals surface area contributed by atoms with E-state index in [2.05, 4.69) is 15.0 Å². The fourth-order valence-corrected chi connectivity index (χ4v) is 3.19. The fourth-order valence-electron chi connectivity index (χ4n) is 3.03. The molecule has 1 unspecified atom stereocenters. The van der Waals surface area contributed by atoms with Gasteiger partial charge in [-0.2, -0.15) is 4.98 Å². The largest absolute Gasteiger partial charge is 0.496 e. The molecule has 1 amide bonds. The Hall–Kier alpha value is -2.32. The maximum Gasteiger partial charge on any atom is 0.257 e. The van der Waals surface area contributed by atoms with Crippen molar-refractivity contribution >= 4 is 23.2 Å². The van der Waals surface area contributed by atoms with Gasteiger partial charge in [0.05, 0.1) is 29.4 Å². The van der Waals surface area contributed by atoms with Gasteiger partial charge in [-0.3, -0.25) is 9.69 Å². The van der Waals surface area contributed by atoms with Crippen molar-refractivity contribution in [1.82, 2.24) is 19.9 Å². The summed E-state index contributed by atoms with van der Waals surface area (Å²) in [6, 6.07) is 3.15. The van der Waals surface area contributed by atoms with Gasteiger partial charge in [-0.05, 0) is 19.9 Å². The highest BCUT2D eigenvalue weighted by molar-refractivity contribution is 6.33. The van der Waals surface area contributed by atoms with Crippen LogP contribution in [-0.4, -0.2) is 59.1 Å². The monoisotopic (exact) mass is 379 g/mol. The predicted molar refractivity (Wildman–Crippen MR) is 97.3 cm³/mol. The number of hydrogen-bond donors (Lipinski definition) is 1. The number of carbonyl (C=O) groups is 1. The molecule has 140 valence electrons. The summed E-state index contributed by atoms with van der Waals surface area (Å²) in [6.45, 7) is 6.40. The van der Waals surface area contributed by atoms with E-state index in [0.29, 0.717) is 59.9 Å². The van der Waals surface area contributed by atoms with E-state index in [4.69, 9.17) is 26.6 Å². The number of aromatic nitrogens is 2. The summed E-state index contributed by atoms with van der Waals surface area (Å²) in [6.07, 6.45) is 0. The topological polar surface area (TPSA) is 97.7 Å². The first-order valence-electron chi connectivity index (χ1n) is 8.37. The maximum absolute atomic E-state index is 12.9. The van der Waals surface area contributed by atoms with E-state index in [-0.39, 0.29) is 11.9 Å². The third-order valence-electron chi connectivity index (χ3n) is 4.60. The van der Waals surface area contributed by atoms with Gasteiger partial charge in [0.2, 0.25) is 5.89 Å². The van der Waals surface area contributed by atoms with Gasteiger partial charge in [0.15, 0.2) is 5.82 Å². The molecule has 0 radical (unpaired) electrons. The van der Waals surface area contributed by atoms with Crippen LogP contribution < -0.4 is 10.5 Å². The van der Waals surface area contributed by atoms with E-state index in [9.17, 15) is 4.79 Å². The first kappa shape index (κ1) is 18.5. The van der Waals surface area contributed by atoms with E-state index < -0.39 is 0 Å². The number of rotatable bonds is 4. The lowest BCUT2D eigenvalue weighted by molar-refractivity contribution is 0.0549. The molecule has 1 fully saturated rings. The molecule has 8 nitrogen and oxygen atoms in total. The van der Waals surface area contributed by atoms with Crippen molar-refractivity contribution in [2.75, 3.05) is 39.0 Å². The summed E-state index contributed by atoms with van der Waals surface area (Å²) in [5.74, 6) is 1.51. The fraction of sp³-hybridized carbons (Fsp3) is 0.471. The molecule has 2 heterocycles. The molecule has 0 bridgehead atoms. The molecule has 1 atom stereocenters. The number of nitrogen functional groups attached to an aromatic ring is 1. The minimum atomic E-state index is -0.121. The Morgan fingerprint density at radius 1 is 1.35 bits per heavy atom. The highest BCUT2D eigenvalue weighted by Gasteiger charge is 2.29. The average Bonchev–Trinajstić information content (AvgIpc) is 3.09. The Morgan fingerprint density at radius 2 is 2.04 bits per heavy atom. The van der Waals surface area contributed by atoms with Crippen molar-refractivity contribution in [2.24, 2.45) is 0 Å². The van der Waals surface area contributed by atoms with Crippen molar-refractivity contribution in [3.63, 3.8) is 0 Å². The Bertz CT molecular complexity index is 802. The first-order chi connectivity index (χ1) is 12.4. The Morgan fingerprint density at radius 3 is 2.62 bits per heavy atom. The third kappa shape index (κ3) is 3.61. The quantitative estimate of drug-likeness (QED) is 0.812. The number of nitrogens with zero attached hydrogens (tertiary/aromatic N) is 4. The van der Waals surface area contributed by atoms with Gasteiger partial charge in [-0.25, -0.2) is 0 Å². The lowest BCUT2D eigenvalue weighted by Crippen LogP contribution is -2.49. The molecule has 1 aliphatic rings. The zero-order valence-corrected chi connectivity index (χ0v) is 15.8. The van der Waals surface area contributed by atoms with Crippen LogP contribution >= 0.6 is 11.6 Å². The second-order valence-corrected chi connectivity index (χ2v) is 6.67. The summed E-state index contributed by atoms with van der Waals surface area (Å²) in [5, 5.41) is 4.18. The number of aryl methyl sites for hydroxylation is 1. The van der Waals surface area contributed by atoms with E-state index >= 15 is 0 Å². The lowest BCUT2D eigenvalue weighted by atomic mass is 10.1. The van der Waals surface area contributed by atoms with E-state index in [1.165, 1.54) is 7.11 Å². The number of halogens is 1. The van der Waals surface area contributed by atoms with Crippen molar-refractivity contribution in [3.8, 4) is 5.75 Å². The van der Waals surface area contributed by atoms with Gasteiger partial charge in [0, 0.05) is 32.2 Å². The zero-order chi connectivity index (χ0) is 18.8. The number of benzene rings is 1. The van der Waals surface area contributed by atoms with Gasteiger partial charge in [-0.1, -0.05) is 16.8 Å². The summed E-state index contributed by atoms with van der Waals surface area (Å²) in [4.78, 5) is 21.2. The molecule has 2 aromatic rings. The Kier molecular flexibility index (Phi) is 5.33. The van der Waals surface area contributed by atoms with Crippen LogP contribution in [0.5, 0.6) is 5.75 Å². The van der Waals surface area contributed by atoms with Gasteiger partial charge in [0.1, 0.15) is 5.75 Å². The predicted octanol–water partition coefficient (Wildman–Crippen LogP) is 2.14. The number of nitrogens with two attached hydrogens (primary N) is 1. The van der Waals surface area contributed by atoms with Crippen LogP contribution in [0.4, 0.5) is 5.69 Å². The van der Waals surface area contributed by atoms with Crippen LogP contribution in [0.25, 0.3) is 0 Å². The molecule has 1 aromatic carbocycles. The Labute approximate surface area is 156 Å². The van der Waals surface area contributed by atoms with E-state index in [0.717, 1.165) is 0 Å². The number of amides is 1. The second-order valence-electron chi connectivity index (χ2n) is 6.26. The third-order valence-corrected chi connectivity index (χ3v) is 4.93. The van der Waals surface area contributed by atoms with Gasteiger partial charge < -0.3 is 19.9 Å². The van der Waals surface area contributed by atoms with Crippen molar-refractivity contribution in [3.05, 3.63) is 34.4 Å². The summed E-state index contributed by atoms with van der Waals surface area (Å²) in [5.41, 5.74) is 6.59. The molecule has 0 aliphatic carbocycles.